The van der Waals surface area contributed by atoms with Gasteiger partial charge in [-0.25, -0.2) is 9.18 Å². The summed E-state index contributed by atoms with van der Waals surface area (Å²) in [4.78, 5) is 24.7. The van der Waals surface area contributed by atoms with Crippen LogP contribution in [0.4, 0.5) is 10.1 Å². The summed E-state index contributed by atoms with van der Waals surface area (Å²) in [6.45, 7) is 1.80. The summed E-state index contributed by atoms with van der Waals surface area (Å²) in [5.41, 5.74) is 2.61. The molecule has 0 unspecified atom stereocenters. The maximum atomic E-state index is 12.9. The standard InChI is InChI=1S/C17H15BrFN3O2/c1-10-7-13(18)16-14(8-10)22(17(24)21(16)2)9-15(23)20-12-5-3-11(19)4-6-12/h3-8H,9H2,1-2H3,(H,20,23). The number of imidazole rings is 1. The van der Waals surface area contributed by atoms with Crippen LogP contribution in [0.5, 0.6) is 0 Å². The largest absolute Gasteiger partial charge is 0.329 e. The molecule has 24 heavy (non-hydrogen) atoms. The molecule has 0 aliphatic carbocycles. The predicted molar refractivity (Wildman–Crippen MR) is 94.6 cm³/mol. The zero-order chi connectivity index (χ0) is 17.4. The number of nitrogens with zero attached hydrogens (tertiary/aromatic N) is 2. The fraction of sp³-hybridized carbons (Fsp3) is 0.176. The van der Waals surface area contributed by atoms with Crippen LogP contribution < -0.4 is 11.0 Å². The molecule has 0 fully saturated rings. The number of hydrogen-bond donors (Lipinski definition) is 1. The molecule has 124 valence electrons. The lowest BCUT2D eigenvalue weighted by atomic mass is 10.2. The minimum absolute atomic E-state index is 0.122. The Labute approximate surface area is 145 Å². The van der Waals surface area contributed by atoms with E-state index in [0.717, 1.165) is 15.6 Å². The van der Waals surface area contributed by atoms with Crippen molar-refractivity contribution in [3.05, 3.63) is 62.7 Å². The van der Waals surface area contributed by atoms with Gasteiger partial charge in [-0.05, 0) is 64.8 Å². The third kappa shape index (κ3) is 2.99. The van der Waals surface area contributed by atoms with Gasteiger partial charge in [0, 0.05) is 17.2 Å². The molecule has 1 N–H and O–H groups in total. The molecule has 3 aromatic rings. The van der Waals surface area contributed by atoms with Crippen LogP contribution in [0.15, 0.2) is 45.7 Å². The summed E-state index contributed by atoms with van der Waals surface area (Å²) in [6, 6.07) is 9.26. The molecule has 7 heteroatoms. The molecule has 2 aromatic carbocycles. The van der Waals surface area contributed by atoms with E-state index in [1.54, 1.807) is 7.05 Å². The maximum Gasteiger partial charge on any atom is 0.329 e. The van der Waals surface area contributed by atoms with Gasteiger partial charge in [0.05, 0.1) is 11.0 Å². The summed E-state index contributed by atoms with van der Waals surface area (Å²) in [7, 11) is 1.67. The van der Waals surface area contributed by atoms with Gasteiger partial charge < -0.3 is 5.32 Å². The SMILES string of the molecule is Cc1cc(Br)c2c(c1)n(CC(=O)Nc1ccc(F)cc1)c(=O)n2C. The van der Waals surface area contributed by atoms with E-state index in [0.29, 0.717) is 11.2 Å². The zero-order valence-electron chi connectivity index (χ0n) is 13.1. The Hall–Kier alpha value is -2.41. The molecule has 3 rings (SSSR count). The third-order valence-corrected chi connectivity index (χ3v) is 4.37. The van der Waals surface area contributed by atoms with Crippen molar-refractivity contribution in [2.24, 2.45) is 7.05 Å². The molecule has 0 atom stereocenters. The third-order valence-electron chi connectivity index (χ3n) is 3.76. The van der Waals surface area contributed by atoms with Crippen molar-refractivity contribution < 1.29 is 9.18 Å². The molecule has 0 saturated heterocycles. The van der Waals surface area contributed by atoms with Crippen LogP contribution in [-0.4, -0.2) is 15.0 Å². The monoisotopic (exact) mass is 391 g/mol. The summed E-state index contributed by atoms with van der Waals surface area (Å²) in [6.07, 6.45) is 0. The molecule has 0 aliphatic heterocycles. The summed E-state index contributed by atoms with van der Waals surface area (Å²) in [5, 5.41) is 2.66. The van der Waals surface area contributed by atoms with Gasteiger partial charge in [0.25, 0.3) is 0 Å². The van der Waals surface area contributed by atoms with Crippen molar-refractivity contribution in [1.82, 2.24) is 9.13 Å². The van der Waals surface area contributed by atoms with Gasteiger partial charge in [0.15, 0.2) is 0 Å². The molecule has 0 aliphatic rings. The number of halogens is 2. The predicted octanol–water partition coefficient (Wildman–Crippen LogP) is 3.19. The Kier molecular flexibility index (Phi) is 4.28. The maximum absolute atomic E-state index is 12.9. The molecular formula is C17H15BrFN3O2. The van der Waals surface area contributed by atoms with E-state index in [4.69, 9.17) is 0 Å². The van der Waals surface area contributed by atoms with E-state index >= 15 is 0 Å². The van der Waals surface area contributed by atoms with E-state index in [1.807, 2.05) is 19.1 Å². The number of fused-ring (bicyclic) bond motifs is 1. The van der Waals surface area contributed by atoms with E-state index in [2.05, 4.69) is 21.2 Å². The first kappa shape index (κ1) is 16.4. The number of anilines is 1. The van der Waals surface area contributed by atoms with Gasteiger partial charge >= 0.3 is 5.69 Å². The minimum Gasteiger partial charge on any atom is -0.325 e. The second-order valence-electron chi connectivity index (χ2n) is 5.60. The number of nitrogens with one attached hydrogen (secondary N) is 1. The van der Waals surface area contributed by atoms with Crippen LogP contribution >= 0.6 is 15.9 Å². The fourth-order valence-electron chi connectivity index (χ4n) is 2.66. The second kappa shape index (κ2) is 6.24. The second-order valence-corrected chi connectivity index (χ2v) is 6.45. The number of carbonyl (C=O) groups is 1. The molecule has 1 aromatic heterocycles. The highest BCUT2D eigenvalue weighted by Crippen LogP contribution is 2.24. The zero-order valence-corrected chi connectivity index (χ0v) is 14.7. The van der Waals surface area contributed by atoms with Crippen LogP contribution in [-0.2, 0) is 18.4 Å². The molecular weight excluding hydrogens is 377 g/mol. The number of hydrogen-bond acceptors (Lipinski definition) is 2. The van der Waals surface area contributed by atoms with Gasteiger partial charge in [0.1, 0.15) is 12.4 Å². The molecule has 1 amide bonds. The normalized spacial score (nSPS) is 11.0. The highest BCUT2D eigenvalue weighted by atomic mass is 79.9. The van der Waals surface area contributed by atoms with Crippen molar-refractivity contribution in [1.29, 1.82) is 0 Å². The number of benzene rings is 2. The van der Waals surface area contributed by atoms with Crippen molar-refractivity contribution >= 4 is 38.6 Å². The Morgan fingerprint density at radius 2 is 1.92 bits per heavy atom. The Morgan fingerprint density at radius 1 is 1.25 bits per heavy atom. The van der Waals surface area contributed by atoms with Crippen LogP contribution in [0.2, 0.25) is 0 Å². The number of rotatable bonds is 3. The average molecular weight is 392 g/mol. The van der Waals surface area contributed by atoms with Gasteiger partial charge in [-0.2, -0.15) is 0 Å². The fourth-order valence-corrected chi connectivity index (χ4v) is 3.49. The first-order chi connectivity index (χ1) is 11.4. The number of carbonyl (C=O) groups excluding carboxylic acids is 1. The van der Waals surface area contributed by atoms with Crippen LogP contribution in [0.25, 0.3) is 11.0 Å². The first-order valence-corrected chi connectivity index (χ1v) is 8.07. The summed E-state index contributed by atoms with van der Waals surface area (Å²) in [5.74, 6) is -0.729. The van der Waals surface area contributed by atoms with E-state index < -0.39 is 0 Å². The highest BCUT2D eigenvalue weighted by Gasteiger charge is 2.16. The molecule has 1 heterocycles. The lowest BCUT2D eigenvalue weighted by Crippen LogP contribution is -2.28. The first-order valence-electron chi connectivity index (χ1n) is 7.27. The molecule has 0 saturated carbocycles. The van der Waals surface area contributed by atoms with Gasteiger partial charge in [0.2, 0.25) is 5.91 Å². The lowest BCUT2D eigenvalue weighted by Gasteiger charge is -2.07. The van der Waals surface area contributed by atoms with Crippen molar-refractivity contribution in [3.63, 3.8) is 0 Å². The van der Waals surface area contributed by atoms with Crippen LogP contribution in [0.3, 0.4) is 0 Å². The highest BCUT2D eigenvalue weighted by molar-refractivity contribution is 9.10. The van der Waals surface area contributed by atoms with E-state index in [-0.39, 0.29) is 24.0 Å². The molecule has 0 radical (unpaired) electrons. The number of aromatic nitrogens is 2. The van der Waals surface area contributed by atoms with Gasteiger partial charge in [-0.3, -0.25) is 13.9 Å². The summed E-state index contributed by atoms with van der Waals surface area (Å²) < 4.78 is 16.6. The number of amides is 1. The Morgan fingerprint density at radius 3 is 2.58 bits per heavy atom. The molecule has 0 bridgehead atoms. The lowest BCUT2D eigenvalue weighted by molar-refractivity contribution is -0.116. The topological polar surface area (TPSA) is 56.0 Å². The van der Waals surface area contributed by atoms with Crippen LogP contribution in [0.1, 0.15) is 5.56 Å². The van der Waals surface area contributed by atoms with E-state index in [9.17, 15) is 14.0 Å². The van der Waals surface area contributed by atoms with Crippen molar-refractivity contribution in [2.75, 3.05) is 5.32 Å². The van der Waals surface area contributed by atoms with Crippen LogP contribution in [0, 0.1) is 12.7 Å². The molecule has 5 nitrogen and oxygen atoms in total. The smallest absolute Gasteiger partial charge is 0.325 e. The van der Waals surface area contributed by atoms with E-state index in [1.165, 1.54) is 33.4 Å². The Bertz CT molecular complexity index is 990. The number of aryl methyl sites for hydroxylation is 2. The van der Waals surface area contributed by atoms with Gasteiger partial charge in [-0.1, -0.05) is 0 Å². The quantitative estimate of drug-likeness (QED) is 0.745. The minimum atomic E-state index is -0.376. The molecule has 0 spiro atoms. The van der Waals surface area contributed by atoms with Crippen molar-refractivity contribution in [3.8, 4) is 0 Å². The Balaban J connectivity index is 1.95. The summed E-state index contributed by atoms with van der Waals surface area (Å²) >= 11 is 3.46. The van der Waals surface area contributed by atoms with Gasteiger partial charge in [-0.15, -0.1) is 0 Å². The average Bonchev–Trinajstić information content (AvgIpc) is 2.74. The van der Waals surface area contributed by atoms with Crippen molar-refractivity contribution in [2.45, 2.75) is 13.5 Å².